The van der Waals surface area contributed by atoms with Gasteiger partial charge in [0.25, 0.3) is 5.91 Å². The van der Waals surface area contributed by atoms with Crippen molar-refractivity contribution in [2.45, 2.75) is 6.54 Å². The minimum Gasteiger partial charge on any atom is -0.497 e. The van der Waals surface area contributed by atoms with Gasteiger partial charge in [-0.05, 0) is 29.8 Å². The number of methoxy groups -OCH3 is 1. The molecule has 1 aliphatic heterocycles. The molecule has 0 radical (unpaired) electrons. The van der Waals surface area contributed by atoms with E-state index in [1.807, 2.05) is 23.1 Å². The van der Waals surface area contributed by atoms with Gasteiger partial charge < -0.3 is 9.64 Å². The molecule has 0 bridgehead atoms. The van der Waals surface area contributed by atoms with Crippen molar-refractivity contribution in [3.05, 3.63) is 82.2 Å². The van der Waals surface area contributed by atoms with Crippen molar-refractivity contribution in [3.63, 3.8) is 0 Å². The zero-order valence-corrected chi connectivity index (χ0v) is 18.7. The Labute approximate surface area is 196 Å². The number of carbonyl (C=O) groups is 1. The summed E-state index contributed by atoms with van der Waals surface area (Å²) in [5, 5.41) is 11.9. The third-order valence-corrected chi connectivity index (χ3v) is 5.55. The fourth-order valence-corrected chi connectivity index (χ4v) is 3.75. The number of nitrogens with one attached hydrogen (secondary N) is 2. The standard InChI is InChI=1S/C23H25N7O4/c1-34-19-9-7-18(8-10-19)23(31)27-26-21-20(30(32)33)22(25-16-24-21)29-13-11-28(12-14-29)15-17-5-3-2-4-6-17/h2-10,16H,11-15H2,1H3,(H,27,31)(H,24,25,26). The molecule has 4 rings (SSSR count). The molecule has 1 fully saturated rings. The molecule has 34 heavy (non-hydrogen) atoms. The largest absolute Gasteiger partial charge is 0.497 e. The molecule has 1 aromatic heterocycles. The highest BCUT2D eigenvalue weighted by molar-refractivity contribution is 5.95. The summed E-state index contributed by atoms with van der Waals surface area (Å²) in [6.07, 6.45) is 1.25. The maximum Gasteiger partial charge on any atom is 0.355 e. The highest BCUT2D eigenvalue weighted by Crippen LogP contribution is 2.32. The van der Waals surface area contributed by atoms with Gasteiger partial charge in [0.15, 0.2) is 0 Å². The quantitative estimate of drug-likeness (QED) is 0.383. The maximum absolute atomic E-state index is 12.4. The van der Waals surface area contributed by atoms with E-state index < -0.39 is 10.8 Å². The number of ether oxygens (including phenoxy) is 1. The molecule has 11 nitrogen and oxygen atoms in total. The van der Waals surface area contributed by atoms with Crippen LogP contribution < -0.4 is 20.5 Å². The average Bonchev–Trinajstić information content (AvgIpc) is 2.88. The first-order chi connectivity index (χ1) is 16.5. The van der Waals surface area contributed by atoms with Gasteiger partial charge in [-0.15, -0.1) is 0 Å². The summed E-state index contributed by atoms with van der Waals surface area (Å²) in [5.41, 5.74) is 6.35. The number of nitro groups is 1. The zero-order valence-electron chi connectivity index (χ0n) is 18.7. The van der Waals surface area contributed by atoms with Crippen molar-refractivity contribution in [1.29, 1.82) is 0 Å². The second kappa shape index (κ2) is 10.6. The lowest BCUT2D eigenvalue weighted by Gasteiger charge is -2.35. The van der Waals surface area contributed by atoms with Crippen LogP contribution in [0.1, 0.15) is 15.9 Å². The van der Waals surface area contributed by atoms with Crippen molar-refractivity contribution in [2.24, 2.45) is 0 Å². The highest BCUT2D eigenvalue weighted by Gasteiger charge is 2.29. The number of piperazine rings is 1. The molecular formula is C23H25N7O4. The minimum absolute atomic E-state index is 0.0800. The summed E-state index contributed by atoms with van der Waals surface area (Å²) in [7, 11) is 1.53. The predicted octanol–water partition coefficient (Wildman–Crippen LogP) is 2.47. The van der Waals surface area contributed by atoms with E-state index in [1.54, 1.807) is 24.3 Å². The van der Waals surface area contributed by atoms with E-state index in [-0.39, 0.29) is 17.3 Å². The monoisotopic (exact) mass is 463 g/mol. The Morgan fingerprint density at radius 3 is 2.41 bits per heavy atom. The van der Waals surface area contributed by atoms with E-state index in [4.69, 9.17) is 4.74 Å². The number of hydrogen-bond acceptors (Lipinski definition) is 9. The number of nitrogens with zero attached hydrogens (tertiary/aromatic N) is 5. The SMILES string of the molecule is COc1ccc(C(=O)NNc2ncnc(N3CCN(Cc4ccccc4)CC3)c2[N+](=O)[O-])cc1. The van der Waals surface area contributed by atoms with E-state index in [0.29, 0.717) is 24.4 Å². The molecule has 11 heteroatoms. The molecule has 0 unspecified atom stereocenters. The Morgan fingerprint density at radius 1 is 1.06 bits per heavy atom. The maximum atomic E-state index is 12.4. The third-order valence-electron chi connectivity index (χ3n) is 5.55. The molecule has 3 aromatic rings. The van der Waals surface area contributed by atoms with Gasteiger partial charge in [-0.25, -0.2) is 9.97 Å². The summed E-state index contributed by atoms with van der Waals surface area (Å²) < 4.78 is 5.08. The summed E-state index contributed by atoms with van der Waals surface area (Å²) >= 11 is 0. The highest BCUT2D eigenvalue weighted by atomic mass is 16.6. The van der Waals surface area contributed by atoms with Gasteiger partial charge >= 0.3 is 5.69 Å². The second-order valence-electron chi connectivity index (χ2n) is 7.71. The van der Waals surface area contributed by atoms with Gasteiger partial charge in [0.1, 0.15) is 12.1 Å². The molecule has 2 heterocycles. The Hall–Kier alpha value is -4.25. The lowest BCUT2D eigenvalue weighted by molar-refractivity contribution is -0.383. The van der Waals surface area contributed by atoms with Crippen molar-refractivity contribution < 1.29 is 14.5 Å². The van der Waals surface area contributed by atoms with E-state index in [0.717, 1.165) is 19.6 Å². The number of rotatable bonds is 8. The van der Waals surface area contributed by atoms with Gasteiger partial charge in [0, 0.05) is 38.3 Å². The summed E-state index contributed by atoms with van der Waals surface area (Å²) in [4.78, 5) is 36.1. The third kappa shape index (κ3) is 5.38. The van der Waals surface area contributed by atoms with Crippen LogP contribution in [-0.2, 0) is 6.54 Å². The van der Waals surface area contributed by atoms with E-state index in [2.05, 4.69) is 37.9 Å². The first-order valence-electron chi connectivity index (χ1n) is 10.8. The fourth-order valence-electron chi connectivity index (χ4n) is 3.75. The molecule has 1 amide bonds. The lowest BCUT2D eigenvalue weighted by Crippen LogP contribution is -2.46. The van der Waals surface area contributed by atoms with Gasteiger partial charge in [-0.2, -0.15) is 0 Å². The Kier molecular flexibility index (Phi) is 7.13. The van der Waals surface area contributed by atoms with Crippen LogP contribution in [0.2, 0.25) is 0 Å². The summed E-state index contributed by atoms with van der Waals surface area (Å²) in [6.45, 7) is 3.48. The number of hydrogen-bond donors (Lipinski definition) is 2. The number of benzene rings is 2. The molecule has 0 saturated carbocycles. The molecular weight excluding hydrogens is 438 g/mol. The van der Waals surface area contributed by atoms with Crippen LogP contribution in [0.3, 0.4) is 0 Å². The number of aromatic nitrogens is 2. The van der Waals surface area contributed by atoms with Crippen LogP contribution in [0.25, 0.3) is 0 Å². The van der Waals surface area contributed by atoms with Crippen LogP contribution in [-0.4, -0.2) is 59.0 Å². The van der Waals surface area contributed by atoms with Crippen LogP contribution in [0, 0.1) is 10.1 Å². The normalized spacial score (nSPS) is 13.9. The molecule has 0 aliphatic carbocycles. The van der Waals surface area contributed by atoms with Crippen molar-refractivity contribution >= 4 is 23.2 Å². The Bertz CT molecular complexity index is 1130. The van der Waals surface area contributed by atoms with Gasteiger partial charge in [-0.1, -0.05) is 30.3 Å². The molecule has 176 valence electrons. The molecule has 0 atom stereocenters. The van der Waals surface area contributed by atoms with Crippen molar-refractivity contribution in [2.75, 3.05) is 43.6 Å². The molecule has 1 saturated heterocycles. The van der Waals surface area contributed by atoms with Crippen molar-refractivity contribution in [3.8, 4) is 5.75 Å². The van der Waals surface area contributed by atoms with Crippen LogP contribution in [0.15, 0.2) is 60.9 Å². The Balaban J connectivity index is 1.43. The molecule has 0 spiro atoms. The van der Waals surface area contributed by atoms with Crippen LogP contribution >= 0.6 is 0 Å². The van der Waals surface area contributed by atoms with Gasteiger partial charge in [0.05, 0.1) is 12.0 Å². The lowest BCUT2D eigenvalue weighted by atomic mass is 10.2. The Morgan fingerprint density at radius 2 is 1.76 bits per heavy atom. The average molecular weight is 463 g/mol. The van der Waals surface area contributed by atoms with E-state index >= 15 is 0 Å². The van der Waals surface area contributed by atoms with Crippen LogP contribution in [0.5, 0.6) is 5.75 Å². The minimum atomic E-state index is -0.534. The van der Waals surface area contributed by atoms with Crippen molar-refractivity contribution in [1.82, 2.24) is 20.3 Å². The van der Waals surface area contributed by atoms with Gasteiger partial charge in [-0.3, -0.25) is 30.7 Å². The number of carbonyl (C=O) groups excluding carboxylic acids is 1. The van der Waals surface area contributed by atoms with E-state index in [9.17, 15) is 14.9 Å². The smallest absolute Gasteiger partial charge is 0.355 e. The second-order valence-corrected chi connectivity index (χ2v) is 7.71. The number of amides is 1. The first-order valence-corrected chi connectivity index (χ1v) is 10.8. The van der Waals surface area contributed by atoms with E-state index in [1.165, 1.54) is 19.0 Å². The van der Waals surface area contributed by atoms with Gasteiger partial charge in [0.2, 0.25) is 11.6 Å². The first kappa shape index (κ1) is 22.9. The summed E-state index contributed by atoms with van der Waals surface area (Å²) in [5.74, 6) is 0.292. The molecule has 1 aliphatic rings. The molecule has 2 aromatic carbocycles. The van der Waals surface area contributed by atoms with Crippen LogP contribution in [0.4, 0.5) is 17.3 Å². The predicted molar refractivity (Wildman–Crippen MR) is 127 cm³/mol. The number of anilines is 2. The fraction of sp³-hybridized carbons (Fsp3) is 0.261. The summed E-state index contributed by atoms with van der Waals surface area (Å²) in [6, 6.07) is 16.7. The zero-order chi connectivity index (χ0) is 23.9. The topological polar surface area (TPSA) is 126 Å². The molecule has 2 N–H and O–H groups in total. The number of hydrazine groups is 1.